The average Bonchev–Trinajstić information content (AvgIpc) is 2.35. The summed E-state index contributed by atoms with van der Waals surface area (Å²) in [6.07, 6.45) is 0.0915. The van der Waals surface area contributed by atoms with Crippen molar-refractivity contribution in [2.45, 2.75) is 6.42 Å². The van der Waals surface area contributed by atoms with E-state index in [-0.39, 0.29) is 23.5 Å². The van der Waals surface area contributed by atoms with Gasteiger partial charge < -0.3 is 5.11 Å². The third kappa shape index (κ3) is 2.87. The van der Waals surface area contributed by atoms with Crippen molar-refractivity contribution in [3.8, 4) is 5.75 Å². The van der Waals surface area contributed by atoms with Crippen molar-refractivity contribution in [1.82, 2.24) is 0 Å². The van der Waals surface area contributed by atoms with Crippen molar-refractivity contribution in [3.05, 3.63) is 64.4 Å². The van der Waals surface area contributed by atoms with Crippen LogP contribution in [-0.2, 0) is 6.42 Å². The summed E-state index contributed by atoms with van der Waals surface area (Å²) in [5.41, 5.74) is 0.748. The highest BCUT2D eigenvalue weighted by atomic mass is 35.5. The van der Waals surface area contributed by atoms with Crippen LogP contribution in [0.3, 0.4) is 0 Å². The Hall–Kier alpha value is -1.87. The highest BCUT2D eigenvalue weighted by Crippen LogP contribution is 2.20. The molecule has 0 atom stereocenters. The predicted molar refractivity (Wildman–Crippen MR) is 67.6 cm³/mol. The lowest BCUT2D eigenvalue weighted by molar-refractivity contribution is 0.0990. The summed E-state index contributed by atoms with van der Waals surface area (Å²) in [5.74, 6) is -1.10. The molecule has 2 nitrogen and oxygen atoms in total. The molecule has 0 saturated carbocycles. The SMILES string of the molecule is O=C(Cc1ccc(Cl)cc1)c1cc(F)ccc1O. The van der Waals surface area contributed by atoms with E-state index in [9.17, 15) is 14.3 Å². The molecule has 0 radical (unpaired) electrons. The second-order valence-electron chi connectivity index (χ2n) is 3.89. The zero-order chi connectivity index (χ0) is 13.1. The highest BCUT2D eigenvalue weighted by Gasteiger charge is 2.12. The van der Waals surface area contributed by atoms with Gasteiger partial charge in [-0.15, -0.1) is 0 Å². The van der Waals surface area contributed by atoms with Gasteiger partial charge in [0.05, 0.1) is 5.56 Å². The van der Waals surface area contributed by atoms with Crippen LogP contribution in [0.25, 0.3) is 0 Å². The maximum Gasteiger partial charge on any atom is 0.171 e. The molecule has 0 aliphatic heterocycles. The quantitative estimate of drug-likeness (QED) is 0.860. The number of carbonyl (C=O) groups is 1. The first-order valence-electron chi connectivity index (χ1n) is 5.32. The van der Waals surface area contributed by atoms with E-state index in [0.717, 1.165) is 17.7 Å². The van der Waals surface area contributed by atoms with E-state index in [0.29, 0.717) is 5.02 Å². The number of Topliss-reactive ketones (excluding diaryl/α,β-unsaturated/α-hetero) is 1. The van der Waals surface area contributed by atoms with Gasteiger partial charge >= 0.3 is 0 Å². The van der Waals surface area contributed by atoms with Gasteiger partial charge in [0, 0.05) is 11.4 Å². The molecule has 1 N–H and O–H groups in total. The van der Waals surface area contributed by atoms with E-state index in [1.54, 1.807) is 24.3 Å². The molecule has 0 saturated heterocycles. The van der Waals surface area contributed by atoms with Gasteiger partial charge in [-0.25, -0.2) is 4.39 Å². The fraction of sp³-hybridized carbons (Fsp3) is 0.0714. The van der Waals surface area contributed by atoms with Gasteiger partial charge in [0.25, 0.3) is 0 Å². The van der Waals surface area contributed by atoms with E-state index >= 15 is 0 Å². The van der Waals surface area contributed by atoms with Gasteiger partial charge in [-0.1, -0.05) is 23.7 Å². The lowest BCUT2D eigenvalue weighted by Crippen LogP contribution is -2.04. The normalized spacial score (nSPS) is 10.3. The second kappa shape index (κ2) is 5.19. The Morgan fingerprint density at radius 2 is 1.83 bits per heavy atom. The standard InChI is InChI=1S/C14H10ClFO2/c15-10-3-1-9(2-4-10)7-14(18)12-8-11(16)5-6-13(12)17/h1-6,8,17H,7H2. The van der Waals surface area contributed by atoms with Crippen LogP contribution in [0, 0.1) is 5.82 Å². The van der Waals surface area contributed by atoms with Crippen LogP contribution in [0.4, 0.5) is 4.39 Å². The van der Waals surface area contributed by atoms with E-state index in [2.05, 4.69) is 0 Å². The topological polar surface area (TPSA) is 37.3 Å². The Morgan fingerprint density at radius 1 is 1.17 bits per heavy atom. The van der Waals surface area contributed by atoms with Crippen LogP contribution >= 0.6 is 11.6 Å². The maximum absolute atomic E-state index is 13.0. The lowest BCUT2D eigenvalue weighted by Gasteiger charge is -2.04. The number of hydrogen-bond donors (Lipinski definition) is 1. The minimum Gasteiger partial charge on any atom is -0.507 e. The molecule has 4 heteroatoms. The molecule has 0 fully saturated rings. The Morgan fingerprint density at radius 3 is 2.50 bits per heavy atom. The maximum atomic E-state index is 13.0. The summed E-state index contributed by atoms with van der Waals surface area (Å²) < 4.78 is 13.0. The lowest BCUT2D eigenvalue weighted by atomic mass is 10.0. The number of aromatic hydroxyl groups is 1. The molecule has 92 valence electrons. The summed E-state index contributed by atoms with van der Waals surface area (Å²) in [4.78, 5) is 11.9. The first kappa shape index (κ1) is 12.6. The van der Waals surface area contributed by atoms with Crippen LogP contribution in [0.5, 0.6) is 5.75 Å². The summed E-state index contributed by atoms with van der Waals surface area (Å²) in [5, 5.41) is 10.1. The Labute approximate surface area is 109 Å². The number of phenols is 1. The van der Waals surface area contributed by atoms with Crippen molar-refractivity contribution in [2.75, 3.05) is 0 Å². The van der Waals surface area contributed by atoms with Gasteiger partial charge in [0.15, 0.2) is 5.78 Å². The summed E-state index contributed by atoms with van der Waals surface area (Å²) in [7, 11) is 0. The van der Waals surface area contributed by atoms with Crippen molar-refractivity contribution >= 4 is 17.4 Å². The molecule has 0 aliphatic rings. The molecule has 2 rings (SSSR count). The second-order valence-corrected chi connectivity index (χ2v) is 4.32. The molecule has 18 heavy (non-hydrogen) atoms. The average molecular weight is 265 g/mol. The largest absolute Gasteiger partial charge is 0.507 e. The van der Waals surface area contributed by atoms with E-state index in [1.807, 2.05) is 0 Å². The molecule has 0 amide bonds. The number of benzene rings is 2. The Bertz CT molecular complexity index is 579. The van der Waals surface area contributed by atoms with Crippen molar-refractivity contribution in [1.29, 1.82) is 0 Å². The number of ketones is 1. The molecule has 0 aliphatic carbocycles. The molecule has 2 aromatic rings. The molecule has 0 heterocycles. The number of rotatable bonds is 3. The number of carbonyl (C=O) groups excluding carboxylic acids is 1. The van der Waals surface area contributed by atoms with E-state index in [4.69, 9.17) is 11.6 Å². The Balaban J connectivity index is 2.21. The minimum atomic E-state index is -0.549. The monoisotopic (exact) mass is 264 g/mol. The third-order valence-electron chi connectivity index (χ3n) is 2.54. The van der Waals surface area contributed by atoms with Crippen LogP contribution < -0.4 is 0 Å². The van der Waals surface area contributed by atoms with Crippen LogP contribution in [-0.4, -0.2) is 10.9 Å². The van der Waals surface area contributed by atoms with Gasteiger partial charge in [0.1, 0.15) is 11.6 Å². The fourth-order valence-corrected chi connectivity index (χ4v) is 1.74. The zero-order valence-corrected chi connectivity index (χ0v) is 10.1. The summed E-state index contributed by atoms with van der Waals surface area (Å²) in [6.45, 7) is 0. The molecule has 0 bridgehead atoms. The summed E-state index contributed by atoms with van der Waals surface area (Å²) in [6, 6.07) is 10.1. The van der Waals surface area contributed by atoms with Crippen LogP contribution in [0.15, 0.2) is 42.5 Å². The van der Waals surface area contributed by atoms with Crippen molar-refractivity contribution < 1.29 is 14.3 Å². The van der Waals surface area contributed by atoms with Gasteiger partial charge in [-0.05, 0) is 35.9 Å². The number of phenolic OH excluding ortho intramolecular Hbond substituents is 1. The number of halogens is 2. The summed E-state index contributed by atoms with van der Waals surface area (Å²) >= 11 is 5.74. The molecular weight excluding hydrogens is 255 g/mol. The van der Waals surface area contributed by atoms with Crippen molar-refractivity contribution in [2.24, 2.45) is 0 Å². The van der Waals surface area contributed by atoms with Gasteiger partial charge in [0.2, 0.25) is 0 Å². The van der Waals surface area contributed by atoms with Crippen LogP contribution in [0.2, 0.25) is 5.02 Å². The third-order valence-corrected chi connectivity index (χ3v) is 2.79. The molecule has 0 unspecified atom stereocenters. The first-order chi connectivity index (χ1) is 8.56. The van der Waals surface area contributed by atoms with Gasteiger partial charge in [-0.2, -0.15) is 0 Å². The van der Waals surface area contributed by atoms with Gasteiger partial charge in [-0.3, -0.25) is 4.79 Å². The zero-order valence-electron chi connectivity index (χ0n) is 9.36. The fourth-order valence-electron chi connectivity index (χ4n) is 1.61. The van der Waals surface area contributed by atoms with E-state index < -0.39 is 5.82 Å². The minimum absolute atomic E-state index is 0.00931. The smallest absolute Gasteiger partial charge is 0.171 e. The molecule has 0 spiro atoms. The van der Waals surface area contributed by atoms with Crippen LogP contribution in [0.1, 0.15) is 15.9 Å². The Kier molecular flexibility index (Phi) is 3.63. The predicted octanol–water partition coefficient (Wildman–Crippen LogP) is 3.61. The number of hydrogen-bond acceptors (Lipinski definition) is 2. The molecule has 0 aromatic heterocycles. The van der Waals surface area contributed by atoms with Crippen molar-refractivity contribution in [3.63, 3.8) is 0 Å². The van der Waals surface area contributed by atoms with E-state index in [1.165, 1.54) is 6.07 Å². The highest BCUT2D eigenvalue weighted by molar-refractivity contribution is 6.30. The molecule has 2 aromatic carbocycles. The molecular formula is C14H10ClFO2. The first-order valence-corrected chi connectivity index (χ1v) is 5.70.